The number of halogens is 3. The van der Waals surface area contributed by atoms with Crippen LogP contribution in [0.15, 0.2) is 77.8 Å². The topological polar surface area (TPSA) is 88.2 Å². The van der Waals surface area contributed by atoms with Gasteiger partial charge in [0.15, 0.2) is 10.5 Å². The number of hydrogen-bond donors (Lipinski definition) is 2. The first-order valence-corrected chi connectivity index (χ1v) is 13.9. The van der Waals surface area contributed by atoms with Crippen LogP contribution >= 0.6 is 11.3 Å². The van der Waals surface area contributed by atoms with E-state index in [4.69, 9.17) is 0 Å². The molecule has 0 spiro atoms. The van der Waals surface area contributed by atoms with Gasteiger partial charge in [0.2, 0.25) is 15.6 Å². The van der Waals surface area contributed by atoms with Crippen LogP contribution in [0.3, 0.4) is 0 Å². The van der Waals surface area contributed by atoms with E-state index in [0.717, 1.165) is 35.3 Å². The normalized spacial score (nSPS) is 17.1. The number of hydrogen-bond acceptors (Lipinski definition) is 7. The monoisotopic (exact) mass is 545 g/mol. The number of ketones is 1. The third-order valence-corrected chi connectivity index (χ3v) is 9.34. The second kappa shape index (κ2) is 9.88. The zero-order valence-electron chi connectivity index (χ0n) is 19.3. The molecule has 0 radical (unpaired) electrons. The Morgan fingerprint density at radius 3 is 2.54 bits per heavy atom. The number of carbonyl (C=O) groups excluding carboxylic acids is 1. The minimum atomic E-state index is -4.69. The maximum absolute atomic E-state index is 13.9. The highest BCUT2D eigenvalue weighted by Gasteiger charge is 2.38. The van der Waals surface area contributed by atoms with Crippen molar-refractivity contribution in [3.8, 4) is 0 Å². The van der Waals surface area contributed by atoms with Crippen LogP contribution in [-0.4, -0.2) is 37.1 Å². The van der Waals surface area contributed by atoms with Gasteiger partial charge in [0.1, 0.15) is 0 Å². The summed E-state index contributed by atoms with van der Waals surface area (Å²) in [6.45, 7) is 0.656. The lowest BCUT2D eigenvalue weighted by atomic mass is 10.0. The molecule has 0 aliphatic carbocycles. The smallest absolute Gasteiger partial charge is 0.343 e. The van der Waals surface area contributed by atoms with Crippen LogP contribution in [0.5, 0.6) is 0 Å². The zero-order chi connectivity index (χ0) is 26.2. The summed E-state index contributed by atoms with van der Waals surface area (Å²) < 4.78 is 68.2. The second-order valence-corrected chi connectivity index (χ2v) is 11.8. The fraction of sp³-hybridized carbons (Fsp3) is 0.231. The van der Waals surface area contributed by atoms with Crippen LogP contribution < -0.4 is 10.6 Å². The van der Waals surface area contributed by atoms with Crippen LogP contribution in [0.2, 0.25) is 0 Å². The van der Waals surface area contributed by atoms with E-state index in [1.807, 2.05) is 18.2 Å². The van der Waals surface area contributed by atoms with E-state index in [1.165, 1.54) is 18.3 Å². The Kier molecular flexibility index (Phi) is 6.78. The molecule has 11 heteroatoms. The number of nitrogens with one attached hydrogen (secondary N) is 2. The summed E-state index contributed by atoms with van der Waals surface area (Å²) in [6.07, 6.45) is -2.11. The molecule has 0 bridgehead atoms. The third-order valence-electron chi connectivity index (χ3n) is 6.33. The number of nitrogens with zero attached hydrogens (tertiary/aromatic N) is 1. The summed E-state index contributed by atoms with van der Waals surface area (Å²) in [6, 6.07) is 16.4. The summed E-state index contributed by atoms with van der Waals surface area (Å²) in [5.74, 6) is -0.828. The summed E-state index contributed by atoms with van der Waals surface area (Å²) in [5.41, 5.74) is -1.52. The second-order valence-electron chi connectivity index (χ2n) is 8.69. The molecule has 6 nitrogen and oxygen atoms in total. The molecule has 1 aliphatic heterocycles. The average Bonchev–Trinajstić information content (AvgIpc) is 3.58. The molecule has 192 valence electrons. The highest BCUT2D eigenvalue weighted by molar-refractivity contribution is 7.92. The molecule has 1 saturated heterocycles. The Balaban J connectivity index is 1.49. The molecule has 2 unspecified atom stereocenters. The molecule has 0 saturated carbocycles. The van der Waals surface area contributed by atoms with Crippen molar-refractivity contribution in [2.24, 2.45) is 0 Å². The summed E-state index contributed by atoms with van der Waals surface area (Å²) in [5, 5.41) is 6.61. The molecule has 37 heavy (non-hydrogen) atoms. The van der Waals surface area contributed by atoms with Crippen LogP contribution in [0.4, 0.5) is 18.3 Å². The van der Waals surface area contributed by atoms with Crippen molar-refractivity contribution < 1.29 is 26.4 Å². The number of rotatable bonds is 7. The van der Waals surface area contributed by atoms with Crippen LogP contribution in [0.1, 0.15) is 33.6 Å². The van der Waals surface area contributed by atoms with Gasteiger partial charge in [-0.1, -0.05) is 65.9 Å². The molecule has 2 atom stereocenters. The van der Waals surface area contributed by atoms with E-state index in [0.29, 0.717) is 18.4 Å². The molecule has 2 heterocycles. The fourth-order valence-electron chi connectivity index (χ4n) is 4.57. The Hall–Kier alpha value is -3.28. The van der Waals surface area contributed by atoms with Gasteiger partial charge in [-0.2, -0.15) is 13.2 Å². The minimum Gasteiger partial charge on any atom is -0.343 e. The van der Waals surface area contributed by atoms with Crippen LogP contribution in [0.25, 0.3) is 10.8 Å². The van der Waals surface area contributed by atoms with Gasteiger partial charge in [-0.05, 0) is 36.9 Å². The molecule has 3 aromatic carbocycles. The highest BCUT2D eigenvalue weighted by Crippen LogP contribution is 2.35. The molecule has 2 N–H and O–H groups in total. The maximum Gasteiger partial charge on any atom is 0.417 e. The Labute approximate surface area is 215 Å². The predicted molar refractivity (Wildman–Crippen MR) is 137 cm³/mol. The lowest BCUT2D eigenvalue weighted by Crippen LogP contribution is -2.45. The van der Waals surface area contributed by atoms with E-state index in [1.54, 1.807) is 24.3 Å². The molecule has 1 fully saturated rings. The Bertz CT molecular complexity index is 1560. The first kappa shape index (κ1) is 25.4. The molecule has 5 rings (SSSR count). The third kappa shape index (κ3) is 4.98. The van der Waals surface area contributed by atoms with Gasteiger partial charge in [-0.3, -0.25) is 4.79 Å². The van der Waals surface area contributed by atoms with E-state index in [9.17, 15) is 26.4 Å². The van der Waals surface area contributed by atoms with Crippen molar-refractivity contribution in [2.75, 3.05) is 11.9 Å². The van der Waals surface area contributed by atoms with Gasteiger partial charge in [0.05, 0.1) is 21.5 Å². The number of carbonyl (C=O) groups is 1. The van der Waals surface area contributed by atoms with Gasteiger partial charge in [0.25, 0.3) is 0 Å². The summed E-state index contributed by atoms with van der Waals surface area (Å²) in [4.78, 5) is 17.2. The van der Waals surface area contributed by atoms with Crippen molar-refractivity contribution in [3.05, 3.63) is 88.9 Å². The number of thiazole rings is 1. The quantitative estimate of drug-likeness (QED) is 0.298. The Morgan fingerprint density at radius 1 is 1.05 bits per heavy atom. The van der Waals surface area contributed by atoms with Crippen molar-refractivity contribution in [1.82, 2.24) is 10.3 Å². The van der Waals surface area contributed by atoms with Crippen molar-refractivity contribution in [2.45, 2.75) is 35.3 Å². The van der Waals surface area contributed by atoms with E-state index < -0.39 is 44.3 Å². The van der Waals surface area contributed by atoms with E-state index in [-0.39, 0.29) is 14.9 Å². The first-order valence-electron chi connectivity index (χ1n) is 11.5. The van der Waals surface area contributed by atoms with E-state index >= 15 is 0 Å². The van der Waals surface area contributed by atoms with Gasteiger partial charge in [0, 0.05) is 17.0 Å². The Morgan fingerprint density at radius 2 is 1.78 bits per heavy atom. The first-order chi connectivity index (χ1) is 17.7. The number of alkyl halides is 3. The van der Waals surface area contributed by atoms with Crippen LogP contribution in [-0.2, 0) is 16.0 Å². The number of sulfone groups is 1. The average molecular weight is 546 g/mol. The van der Waals surface area contributed by atoms with Gasteiger partial charge in [-0.25, -0.2) is 13.4 Å². The number of anilines is 1. The molecule has 1 aliphatic rings. The van der Waals surface area contributed by atoms with E-state index in [2.05, 4.69) is 15.6 Å². The number of aromatic nitrogens is 1. The summed E-state index contributed by atoms with van der Waals surface area (Å²) in [7, 11) is -3.94. The standard InChI is InChI=1S/C26H22F3N3O3S2/c27-26(28,29)19-11-4-3-10-18(19)23(33)21-15-31-25(36-21)32-24(20-12-6-14-30-20)37(34,35)22-13-5-8-16-7-1-2-9-17(16)22/h1-5,7-11,13,15,20,24,30H,6,12,14H2,(H,31,32). The maximum atomic E-state index is 13.9. The van der Waals surface area contributed by atoms with Gasteiger partial charge < -0.3 is 10.6 Å². The summed E-state index contributed by atoms with van der Waals surface area (Å²) >= 11 is 0.826. The van der Waals surface area contributed by atoms with Gasteiger partial charge >= 0.3 is 6.18 Å². The molecule has 4 aromatic rings. The highest BCUT2D eigenvalue weighted by atomic mass is 32.2. The zero-order valence-corrected chi connectivity index (χ0v) is 21.0. The lowest BCUT2D eigenvalue weighted by Gasteiger charge is -2.25. The van der Waals surface area contributed by atoms with Gasteiger partial charge in [-0.15, -0.1) is 0 Å². The minimum absolute atomic E-state index is 0.0279. The molecular weight excluding hydrogens is 523 g/mol. The van der Waals surface area contributed by atoms with Crippen LogP contribution in [0, 0.1) is 0 Å². The SMILES string of the molecule is O=C(c1cnc(NC(C2CCCN2)S(=O)(=O)c2cccc3ccccc23)s1)c1ccccc1C(F)(F)F. The molecular formula is C26H22F3N3O3S2. The molecule has 0 amide bonds. The van der Waals surface area contributed by atoms with Crippen molar-refractivity contribution in [1.29, 1.82) is 0 Å². The number of benzene rings is 3. The molecule has 1 aromatic heterocycles. The fourth-order valence-corrected chi connectivity index (χ4v) is 7.42. The van der Waals surface area contributed by atoms with Crippen molar-refractivity contribution in [3.63, 3.8) is 0 Å². The van der Waals surface area contributed by atoms with Crippen molar-refractivity contribution >= 4 is 42.9 Å². The largest absolute Gasteiger partial charge is 0.417 e. The predicted octanol–water partition coefficient (Wildman–Crippen LogP) is 5.51. The number of fused-ring (bicyclic) bond motifs is 1. The lowest BCUT2D eigenvalue weighted by molar-refractivity contribution is -0.137.